The molecule has 0 saturated carbocycles. The second kappa shape index (κ2) is 7.28. The zero-order valence-corrected chi connectivity index (χ0v) is 14.0. The summed E-state index contributed by atoms with van der Waals surface area (Å²) in [6.07, 6.45) is 4.21. The average Bonchev–Trinajstić information content (AvgIpc) is 2.61. The molecule has 0 N–H and O–H groups in total. The van der Waals surface area contributed by atoms with Crippen LogP contribution >= 0.6 is 11.6 Å². The number of pyridine rings is 1. The van der Waals surface area contributed by atoms with Crippen molar-refractivity contribution in [2.24, 2.45) is 0 Å². The summed E-state index contributed by atoms with van der Waals surface area (Å²) in [5, 5.41) is 1.64. The highest BCUT2D eigenvalue weighted by atomic mass is 35.5. The molecule has 4 heteroatoms. The number of rotatable bonds is 4. The van der Waals surface area contributed by atoms with Gasteiger partial charge in [0.05, 0.1) is 5.69 Å². The van der Waals surface area contributed by atoms with Gasteiger partial charge in [0.25, 0.3) is 0 Å². The molecule has 120 valence electrons. The van der Waals surface area contributed by atoms with Gasteiger partial charge < -0.3 is 4.74 Å². The molecule has 1 aromatic heterocycles. The molecule has 0 spiro atoms. The molecule has 0 fully saturated rings. The van der Waals surface area contributed by atoms with Gasteiger partial charge in [-0.1, -0.05) is 54.9 Å². The highest BCUT2D eigenvalue weighted by Crippen LogP contribution is 2.25. The number of aromatic nitrogens is 1. The number of carbonyl (C=O) groups excluding carboxylic acids is 1. The molecule has 0 amide bonds. The summed E-state index contributed by atoms with van der Waals surface area (Å²) in [6, 6.07) is 17.0. The smallest absolute Gasteiger partial charge is 0.310 e. The normalized spacial score (nSPS) is 11.1. The fourth-order valence-electron chi connectivity index (χ4n) is 2.26. The van der Waals surface area contributed by atoms with Crippen LogP contribution in [-0.2, 0) is 4.79 Å². The fraction of sp³-hybridized carbons (Fsp3) is 0.100. The summed E-state index contributed by atoms with van der Waals surface area (Å²) in [4.78, 5) is 16.2. The van der Waals surface area contributed by atoms with Gasteiger partial charge in [-0.2, -0.15) is 0 Å². The SMILES string of the molecule is CCC(=O)Oc1cccc2ccc(C=Cc3ccc(Cl)cc3)nc12. The van der Waals surface area contributed by atoms with Gasteiger partial charge in [-0.05, 0) is 35.9 Å². The monoisotopic (exact) mass is 337 g/mol. The number of para-hydroxylation sites is 1. The Morgan fingerprint density at radius 2 is 1.88 bits per heavy atom. The van der Waals surface area contributed by atoms with E-state index < -0.39 is 0 Å². The van der Waals surface area contributed by atoms with E-state index in [2.05, 4.69) is 4.98 Å². The maximum Gasteiger partial charge on any atom is 0.310 e. The molecule has 0 atom stereocenters. The maximum absolute atomic E-state index is 11.6. The van der Waals surface area contributed by atoms with Crippen LogP contribution in [0.2, 0.25) is 5.02 Å². The summed E-state index contributed by atoms with van der Waals surface area (Å²) >= 11 is 5.89. The minimum absolute atomic E-state index is 0.272. The van der Waals surface area contributed by atoms with Crippen LogP contribution in [-0.4, -0.2) is 11.0 Å². The largest absolute Gasteiger partial charge is 0.424 e. The number of carbonyl (C=O) groups is 1. The molecule has 3 rings (SSSR count). The van der Waals surface area contributed by atoms with E-state index in [9.17, 15) is 4.79 Å². The highest BCUT2D eigenvalue weighted by molar-refractivity contribution is 6.30. The van der Waals surface area contributed by atoms with Crippen LogP contribution in [0.1, 0.15) is 24.6 Å². The number of fused-ring (bicyclic) bond motifs is 1. The first-order valence-electron chi connectivity index (χ1n) is 7.70. The van der Waals surface area contributed by atoms with Crippen LogP contribution in [0.25, 0.3) is 23.1 Å². The Morgan fingerprint density at radius 1 is 1.08 bits per heavy atom. The topological polar surface area (TPSA) is 39.2 Å². The summed E-state index contributed by atoms with van der Waals surface area (Å²) < 4.78 is 5.37. The Labute approximate surface area is 145 Å². The third kappa shape index (κ3) is 3.81. The van der Waals surface area contributed by atoms with E-state index >= 15 is 0 Å². The van der Waals surface area contributed by atoms with Gasteiger partial charge in [-0.15, -0.1) is 0 Å². The van der Waals surface area contributed by atoms with Gasteiger partial charge in [0.2, 0.25) is 0 Å². The van der Waals surface area contributed by atoms with Crippen LogP contribution in [0.5, 0.6) is 5.75 Å². The maximum atomic E-state index is 11.6. The van der Waals surface area contributed by atoms with Gasteiger partial charge in [0, 0.05) is 16.8 Å². The fourth-order valence-corrected chi connectivity index (χ4v) is 2.39. The Kier molecular flexibility index (Phi) is 4.92. The molecule has 0 aliphatic heterocycles. The molecular weight excluding hydrogens is 322 g/mol. The van der Waals surface area contributed by atoms with Gasteiger partial charge in [-0.3, -0.25) is 4.79 Å². The Morgan fingerprint density at radius 3 is 2.62 bits per heavy atom. The Hall–Kier alpha value is -2.65. The van der Waals surface area contributed by atoms with Crippen molar-refractivity contribution in [3.63, 3.8) is 0 Å². The molecule has 0 unspecified atom stereocenters. The van der Waals surface area contributed by atoms with Gasteiger partial charge >= 0.3 is 5.97 Å². The third-order valence-electron chi connectivity index (χ3n) is 3.53. The van der Waals surface area contributed by atoms with E-state index in [4.69, 9.17) is 16.3 Å². The average molecular weight is 338 g/mol. The predicted molar refractivity (Wildman–Crippen MR) is 98.0 cm³/mol. The molecule has 2 aromatic carbocycles. The van der Waals surface area contributed by atoms with Crippen molar-refractivity contribution >= 4 is 40.6 Å². The Bertz CT molecular complexity index is 901. The van der Waals surface area contributed by atoms with Crippen LogP contribution in [0.4, 0.5) is 0 Å². The first-order chi connectivity index (χ1) is 11.7. The third-order valence-corrected chi connectivity index (χ3v) is 3.79. The first-order valence-corrected chi connectivity index (χ1v) is 8.07. The van der Waals surface area contributed by atoms with Crippen LogP contribution in [0.3, 0.4) is 0 Å². The number of ether oxygens (including phenoxy) is 1. The molecular formula is C20H16ClNO2. The standard InChI is InChI=1S/C20H16ClNO2/c1-2-19(23)24-18-5-3-4-15-9-13-17(22-20(15)18)12-8-14-6-10-16(21)11-7-14/h3-13H,2H2,1H3. The molecule has 0 radical (unpaired) electrons. The lowest BCUT2D eigenvalue weighted by molar-refractivity contribution is -0.133. The number of esters is 1. The number of benzene rings is 2. The van der Waals surface area contributed by atoms with Crippen LogP contribution in [0, 0.1) is 0 Å². The van der Waals surface area contributed by atoms with Crippen molar-refractivity contribution in [2.75, 3.05) is 0 Å². The van der Waals surface area contributed by atoms with E-state index in [0.29, 0.717) is 22.7 Å². The van der Waals surface area contributed by atoms with E-state index in [1.807, 2.05) is 60.7 Å². The Balaban J connectivity index is 1.93. The highest BCUT2D eigenvalue weighted by Gasteiger charge is 2.08. The summed E-state index contributed by atoms with van der Waals surface area (Å²) in [6.45, 7) is 1.77. The lowest BCUT2D eigenvalue weighted by atomic mass is 10.1. The summed E-state index contributed by atoms with van der Waals surface area (Å²) in [5.74, 6) is 0.215. The summed E-state index contributed by atoms with van der Waals surface area (Å²) in [5.41, 5.74) is 2.50. The number of halogens is 1. The predicted octanol–water partition coefficient (Wildman–Crippen LogP) is 5.37. The second-order valence-electron chi connectivity index (χ2n) is 5.28. The van der Waals surface area contributed by atoms with Crippen molar-refractivity contribution in [1.82, 2.24) is 4.98 Å². The molecule has 24 heavy (non-hydrogen) atoms. The second-order valence-corrected chi connectivity index (χ2v) is 5.71. The number of hydrogen-bond acceptors (Lipinski definition) is 3. The van der Waals surface area contributed by atoms with Crippen molar-refractivity contribution in [2.45, 2.75) is 13.3 Å². The number of hydrogen-bond donors (Lipinski definition) is 0. The molecule has 0 aliphatic rings. The zero-order chi connectivity index (χ0) is 16.9. The van der Waals surface area contributed by atoms with Crippen molar-refractivity contribution in [3.05, 3.63) is 70.9 Å². The molecule has 1 heterocycles. The van der Waals surface area contributed by atoms with Gasteiger partial charge in [0.1, 0.15) is 5.52 Å². The first kappa shape index (κ1) is 16.2. The zero-order valence-electron chi connectivity index (χ0n) is 13.2. The molecule has 0 saturated heterocycles. The molecule has 3 aromatic rings. The minimum atomic E-state index is -0.272. The van der Waals surface area contributed by atoms with Crippen molar-refractivity contribution in [1.29, 1.82) is 0 Å². The molecule has 0 bridgehead atoms. The summed E-state index contributed by atoms with van der Waals surface area (Å²) in [7, 11) is 0. The van der Waals surface area contributed by atoms with Crippen LogP contribution in [0.15, 0.2) is 54.6 Å². The van der Waals surface area contributed by atoms with E-state index in [1.165, 1.54) is 0 Å². The van der Waals surface area contributed by atoms with Gasteiger partial charge in [0.15, 0.2) is 5.75 Å². The van der Waals surface area contributed by atoms with Crippen molar-refractivity contribution in [3.8, 4) is 5.75 Å². The van der Waals surface area contributed by atoms with E-state index in [-0.39, 0.29) is 5.97 Å². The van der Waals surface area contributed by atoms with Gasteiger partial charge in [-0.25, -0.2) is 4.98 Å². The molecule has 0 aliphatic carbocycles. The minimum Gasteiger partial charge on any atom is -0.424 e. The lowest BCUT2D eigenvalue weighted by Gasteiger charge is -2.06. The molecule has 3 nitrogen and oxygen atoms in total. The van der Waals surface area contributed by atoms with Crippen molar-refractivity contribution < 1.29 is 9.53 Å². The van der Waals surface area contributed by atoms with E-state index in [0.717, 1.165) is 16.6 Å². The number of nitrogens with zero attached hydrogens (tertiary/aromatic N) is 1. The lowest BCUT2D eigenvalue weighted by Crippen LogP contribution is -2.06. The van der Waals surface area contributed by atoms with E-state index in [1.54, 1.807) is 13.0 Å². The van der Waals surface area contributed by atoms with Crippen LogP contribution < -0.4 is 4.74 Å². The quantitative estimate of drug-likeness (QED) is 0.474.